The molecule has 2 fully saturated rings. The summed E-state index contributed by atoms with van der Waals surface area (Å²) in [6.07, 6.45) is 10.7. The highest BCUT2D eigenvalue weighted by molar-refractivity contribution is 9.09. The molecule has 1 saturated carbocycles. The van der Waals surface area contributed by atoms with Crippen LogP contribution < -0.4 is 0 Å². The Labute approximate surface area is 114 Å². The Kier molecular flexibility index (Phi) is 5.31. The molecular weight excluding hydrogens is 278 g/mol. The fraction of sp³-hybridized carbons (Fsp3) is 1.00. The molecule has 2 aliphatic rings. The molecule has 0 radical (unpaired) electrons. The molecule has 1 heterocycles. The Hall–Kier alpha value is 0.400. The number of hydrogen-bond donors (Lipinski definition) is 1. The van der Waals surface area contributed by atoms with E-state index >= 15 is 0 Å². The molecule has 1 atom stereocenters. The van der Waals surface area contributed by atoms with Crippen LogP contribution in [0, 0.1) is 5.41 Å². The van der Waals surface area contributed by atoms with E-state index in [2.05, 4.69) is 20.8 Å². The summed E-state index contributed by atoms with van der Waals surface area (Å²) in [6.45, 7) is 2.74. The molecule has 100 valence electrons. The van der Waals surface area contributed by atoms with Crippen molar-refractivity contribution in [3.05, 3.63) is 0 Å². The van der Waals surface area contributed by atoms with Crippen LogP contribution in [0.2, 0.25) is 0 Å². The number of halogens is 1. The van der Waals surface area contributed by atoms with Gasteiger partial charge < -0.3 is 5.11 Å². The van der Waals surface area contributed by atoms with Crippen LogP contribution in [0.3, 0.4) is 0 Å². The SMILES string of the molecule is OCC1CCCCN1CC1(CBr)CCCCC1. The Morgan fingerprint density at radius 3 is 2.53 bits per heavy atom. The van der Waals surface area contributed by atoms with Gasteiger partial charge in [-0.3, -0.25) is 4.90 Å². The van der Waals surface area contributed by atoms with Gasteiger partial charge in [0.05, 0.1) is 6.61 Å². The van der Waals surface area contributed by atoms with Crippen LogP contribution in [0.25, 0.3) is 0 Å². The van der Waals surface area contributed by atoms with Gasteiger partial charge in [0.15, 0.2) is 0 Å². The molecule has 1 N–H and O–H groups in total. The molecule has 1 aliphatic heterocycles. The van der Waals surface area contributed by atoms with Crippen molar-refractivity contribution in [2.75, 3.05) is 25.0 Å². The van der Waals surface area contributed by atoms with E-state index < -0.39 is 0 Å². The Morgan fingerprint density at radius 1 is 1.12 bits per heavy atom. The largest absolute Gasteiger partial charge is 0.395 e. The average Bonchev–Trinajstić information content (AvgIpc) is 2.40. The van der Waals surface area contributed by atoms with E-state index in [0.29, 0.717) is 18.1 Å². The monoisotopic (exact) mass is 303 g/mol. The lowest BCUT2D eigenvalue weighted by molar-refractivity contribution is 0.0413. The number of likely N-dealkylation sites (tertiary alicyclic amines) is 1. The average molecular weight is 304 g/mol. The smallest absolute Gasteiger partial charge is 0.0586 e. The van der Waals surface area contributed by atoms with E-state index in [-0.39, 0.29) is 0 Å². The van der Waals surface area contributed by atoms with Gasteiger partial charge in [0, 0.05) is 17.9 Å². The first-order valence-corrected chi connectivity index (χ1v) is 8.33. The highest BCUT2D eigenvalue weighted by Crippen LogP contribution is 2.39. The summed E-state index contributed by atoms with van der Waals surface area (Å²) in [6, 6.07) is 0.432. The molecule has 0 aromatic carbocycles. The van der Waals surface area contributed by atoms with E-state index in [1.54, 1.807) is 0 Å². The standard InChI is InChI=1S/C14H26BrNO/c15-11-14(7-3-1-4-8-14)12-16-9-5-2-6-13(16)10-17/h13,17H,1-12H2. The second-order valence-electron chi connectivity index (χ2n) is 6.00. The van der Waals surface area contributed by atoms with Gasteiger partial charge >= 0.3 is 0 Å². The van der Waals surface area contributed by atoms with Gasteiger partial charge in [-0.25, -0.2) is 0 Å². The Bertz CT molecular complexity index is 228. The predicted molar refractivity (Wildman–Crippen MR) is 75.6 cm³/mol. The second-order valence-corrected chi connectivity index (χ2v) is 6.56. The minimum atomic E-state index is 0.346. The summed E-state index contributed by atoms with van der Waals surface area (Å²) in [7, 11) is 0. The van der Waals surface area contributed by atoms with Crippen LogP contribution in [0.4, 0.5) is 0 Å². The van der Waals surface area contributed by atoms with Crippen molar-refractivity contribution < 1.29 is 5.11 Å². The fourth-order valence-electron chi connectivity index (χ4n) is 3.54. The van der Waals surface area contributed by atoms with Crippen LogP contribution in [0.5, 0.6) is 0 Å². The molecule has 0 bridgehead atoms. The van der Waals surface area contributed by atoms with Gasteiger partial charge in [0.2, 0.25) is 0 Å². The van der Waals surface area contributed by atoms with E-state index in [0.717, 1.165) is 5.33 Å². The summed E-state index contributed by atoms with van der Waals surface area (Å²) in [5.74, 6) is 0. The lowest BCUT2D eigenvalue weighted by Gasteiger charge is -2.44. The van der Waals surface area contributed by atoms with Crippen LogP contribution in [0.1, 0.15) is 51.4 Å². The van der Waals surface area contributed by atoms with Gasteiger partial charge in [0.25, 0.3) is 0 Å². The number of aliphatic hydroxyl groups excluding tert-OH is 1. The number of rotatable bonds is 4. The third kappa shape index (κ3) is 3.45. The minimum absolute atomic E-state index is 0.346. The van der Waals surface area contributed by atoms with E-state index in [9.17, 15) is 5.11 Å². The zero-order valence-electron chi connectivity index (χ0n) is 10.8. The summed E-state index contributed by atoms with van der Waals surface area (Å²) >= 11 is 3.75. The third-order valence-corrected chi connectivity index (χ3v) is 5.89. The van der Waals surface area contributed by atoms with Crippen molar-refractivity contribution >= 4 is 15.9 Å². The lowest BCUT2D eigenvalue weighted by Crippen LogP contribution is -2.48. The molecule has 0 aromatic rings. The second kappa shape index (κ2) is 6.53. The van der Waals surface area contributed by atoms with Crippen molar-refractivity contribution in [3.63, 3.8) is 0 Å². The number of hydrogen-bond acceptors (Lipinski definition) is 2. The van der Waals surface area contributed by atoms with Crippen molar-refractivity contribution in [2.45, 2.75) is 57.4 Å². The quantitative estimate of drug-likeness (QED) is 0.806. The van der Waals surface area contributed by atoms with Gasteiger partial charge in [-0.15, -0.1) is 0 Å². The molecule has 1 unspecified atom stereocenters. The molecule has 0 aromatic heterocycles. The third-order valence-electron chi connectivity index (χ3n) is 4.70. The normalized spacial score (nSPS) is 30.4. The molecule has 1 saturated heterocycles. The van der Waals surface area contributed by atoms with Crippen LogP contribution >= 0.6 is 15.9 Å². The highest BCUT2D eigenvalue weighted by atomic mass is 79.9. The van der Waals surface area contributed by atoms with E-state index in [1.807, 2.05) is 0 Å². The highest BCUT2D eigenvalue weighted by Gasteiger charge is 2.35. The molecule has 2 nitrogen and oxygen atoms in total. The number of aliphatic hydroxyl groups is 1. The summed E-state index contributed by atoms with van der Waals surface area (Å²) in [4.78, 5) is 2.57. The molecule has 0 amide bonds. The molecule has 3 heteroatoms. The van der Waals surface area contributed by atoms with Crippen molar-refractivity contribution in [1.82, 2.24) is 4.90 Å². The molecule has 1 aliphatic carbocycles. The molecule has 0 spiro atoms. The van der Waals surface area contributed by atoms with Crippen LogP contribution in [0.15, 0.2) is 0 Å². The zero-order valence-corrected chi connectivity index (χ0v) is 12.4. The first kappa shape index (κ1) is 13.8. The van der Waals surface area contributed by atoms with Gasteiger partial charge in [-0.05, 0) is 37.6 Å². The maximum Gasteiger partial charge on any atom is 0.0586 e. The maximum atomic E-state index is 9.49. The number of piperidine rings is 1. The van der Waals surface area contributed by atoms with Crippen molar-refractivity contribution in [1.29, 1.82) is 0 Å². The van der Waals surface area contributed by atoms with Crippen molar-refractivity contribution in [2.24, 2.45) is 5.41 Å². The topological polar surface area (TPSA) is 23.5 Å². The molecule has 17 heavy (non-hydrogen) atoms. The van der Waals surface area contributed by atoms with Gasteiger partial charge in [0.1, 0.15) is 0 Å². The summed E-state index contributed by atoms with van der Waals surface area (Å²) in [5, 5.41) is 10.6. The van der Waals surface area contributed by atoms with Crippen LogP contribution in [-0.4, -0.2) is 41.1 Å². The summed E-state index contributed by atoms with van der Waals surface area (Å²) in [5.41, 5.74) is 0.489. The van der Waals surface area contributed by atoms with Crippen LogP contribution in [-0.2, 0) is 0 Å². The molecule has 2 rings (SSSR count). The molecular formula is C14H26BrNO. The fourth-order valence-corrected chi connectivity index (χ4v) is 4.28. The first-order chi connectivity index (χ1) is 8.29. The van der Waals surface area contributed by atoms with Crippen molar-refractivity contribution in [3.8, 4) is 0 Å². The number of alkyl halides is 1. The number of nitrogens with zero attached hydrogens (tertiary/aromatic N) is 1. The maximum absolute atomic E-state index is 9.49. The van der Waals surface area contributed by atoms with E-state index in [4.69, 9.17) is 0 Å². The first-order valence-electron chi connectivity index (χ1n) is 7.20. The van der Waals surface area contributed by atoms with Gasteiger partial charge in [-0.2, -0.15) is 0 Å². The summed E-state index contributed by atoms with van der Waals surface area (Å²) < 4.78 is 0. The minimum Gasteiger partial charge on any atom is -0.395 e. The lowest BCUT2D eigenvalue weighted by atomic mass is 9.75. The Morgan fingerprint density at radius 2 is 1.88 bits per heavy atom. The predicted octanol–water partition coefficient (Wildman–Crippen LogP) is 3.18. The zero-order chi connectivity index (χ0) is 12.1. The van der Waals surface area contributed by atoms with E-state index in [1.165, 1.54) is 64.5 Å². The van der Waals surface area contributed by atoms with Gasteiger partial charge in [-0.1, -0.05) is 41.6 Å². The Balaban J connectivity index is 1.96.